The summed E-state index contributed by atoms with van der Waals surface area (Å²) >= 11 is 5.97. The molecule has 1 aliphatic heterocycles. The first-order valence-corrected chi connectivity index (χ1v) is 7.92. The SMILES string of the molecule is C[C@@H](C1CC1)N1CCN(C(=O)c2ccc(F)cc2Cl)CC1. The highest BCUT2D eigenvalue weighted by atomic mass is 35.5. The van der Waals surface area contributed by atoms with Gasteiger partial charge >= 0.3 is 0 Å². The maximum absolute atomic E-state index is 13.1. The smallest absolute Gasteiger partial charge is 0.255 e. The Kier molecular flexibility index (Phi) is 4.18. The van der Waals surface area contributed by atoms with Crippen molar-refractivity contribution in [2.75, 3.05) is 26.2 Å². The third-order valence-electron chi connectivity index (χ3n) is 4.64. The monoisotopic (exact) mass is 310 g/mol. The number of carbonyl (C=O) groups excluding carboxylic acids is 1. The van der Waals surface area contributed by atoms with Gasteiger partial charge < -0.3 is 4.90 Å². The molecular formula is C16H20ClFN2O. The molecule has 1 aromatic rings. The Morgan fingerprint density at radius 1 is 1.29 bits per heavy atom. The van der Waals surface area contributed by atoms with Crippen LogP contribution in [0.4, 0.5) is 4.39 Å². The van der Waals surface area contributed by atoms with Crippen LogP contribution in [0.15, 0.2) is 18.2 Å². The summed E-state index contributed by atoms with van der Waals surface area (Å²) in [5, 5.41) is 0.189. The summed E-state index contributed by atoms with van der Waals surface area (Å²) in [5.41, 5.74) is 0.391. The zero-order valence-electron chi connectivity index (χ0n) is 12.2. The maximum Gasteiger partial charge on any atom is 0.255 e. The largest absolute Gasteiger partial charge is 0.336 e. The average molecular weight is 311 g/mol. The summed E-state index contributed by atoms with van der Waals surface area (Å²) in [7, 11) is 0. The lowest BCUT2D eigenvalue weighted by Crippen LogP contribution is -2.51. The summed E-state index contributed by atoms with van der Waals surface area (Å²) < 4.78 is 13.1. The first-order chi connectivity index (χ1) is 10.1. The Labute approximate surface area is 129 Å². The molecule has 21 heavy (non-hydrogen) atoms. The number of rotatable bonds is 3. The molecule has 0 N–H and O–H groups in total. The van der Waals surface area contributed by atoms with Crippen molar-refractivity contribution in [1.29, 1.82) is 0 Å². The van der Waals surface area contributed by atoms with Crippen molar-refractivity contribution < 1.29 is 9.18 Å². The van der Waals surface area contributed by atoms with Crippen molar-refractivity contribution in [3.05, 3.63) is 34.6 Å². The fraction of sp³-hybridized carbons (Fsp3) is 0.562. The van der Waals surface area contributed by atoms with E-state index in [9.17, 15) is 9.18 Å². The molecule has 1 heterocycles. The molecule has 1 aromatic carbocycles. The van der Waals surface area contributed by atoms with Gasteiger partial charge in [-0.25, -0.2) is 4.39 Å². The van der Waals surface area contributed by atoms with Crippen molar-refractivity contribution in [1.82, 2.24) is 9.80 Å². The summed E-state index contributed by atoms with van der Waals surface area (Å²) in [4.78, 5) is 16.7. The number of nitrogens with zero attached hydrogens (tertiary/aromatic N) is 2. The lowest BCUT2D eigenvalue weighted by molar-refractivity contribution is 0.0564. The highest BCUT2D eigenvalue weighted by molar-refractivity contribution is 6.33. The van der Waals surface area contributed by atoms with E-state index in [1.807, 2.05) is 4.90 Å². The van der Waals surface area contributed by atoms with Gasteiger partial charge in [-0.3, -0.25) is 9.69 Å². The molecule has 1 amide bonds. The normalized spacial score (nSPS) is 21.4. The molecule has 0 bridgehead atoms. The predicted octanol–water partition coefficient (Wildman–Crippen LogP) is 3.04. The number of amides is 1. The van der Waals surface area contributed by atoms with Gasteiger partial charge in [0.2, 0.25) is 0 Å². The van der Waals surface area contributed by atoms with Crippen LogP contribution < -0.4 is 0 Å². The van der Waals surface area contributed by atoms with Crippen molar-refractivity contribution in [2.24, 2.45) is 5.92 Å². The molecule has 2 fully saturated rings. The van der Waals surface area contributed by atoms with Gasteiger partial charge in [0.05, 0.1) is 10.6 Å². The summed E-state index contributed by atoms with van der Waals surface area (Å²) in [6.45, 7) is 5.52. The Morgan fingerprint density at radius 3 is 2.52 bits per heavy atom. The summed E-state index contributed by atoms with van der Waals surface area (Å²) in [6.07, 6.45) is 2.68. The molecule has 0 aromatic heterocycles. The molecule has 0 radical (unpaired) electrons. The van der Waals surface area contributed by atoms with Crippen LogP contribution in [0.3, 0.4) is 0 Å². The van der Waals surface area contributed by atoms with Crippen molar-refractivity contribution in [3.8, 4) is 0 Å². The molecule has 0 unspecified atom stereocenters. The van der Waals surface area contributed by atoms with Crippen LogP contribution in [0, 0.1) is 11.7 Å². The molecular weight excluding hydrogens is 291 g/mol. The minimum absolute atomic E-state index is 0.0984. The quantitative estimate of drug-likeness (QED) is 0.857. The lowest BCUT2D eigenvalue weighted by atomic mass is 10.1. The van der Waals surface area contributed by atoms with Crippen LogP contribution in [0.5, 0.6) is 0 Å². The molecule has 0 spiro atoms. The Hall–Kier alpha value is -1.13. The van der Waals surface area contributed by atoms with Gasteiger partial charge in [0.1, 0.15) is 5.82 Å². The molecule has 5 heteroatoms. The first kappa shape index (κ1) is 14.8. The van der Waals surface area contributed by atoms with E-state index in [1.54, 1.807) is 0 Å². The van der Waals surface area contributed by atoms with Gasteiger partial charge in [0.25, 0.3) is 5.91 Å². The standard InChI is InChI=1S/C16H20ClFN2O/c1-11(12-2-3-12)19-6-8-20(9-7-19)16(21)14-5-4-13(18)10-15(14)17/h4-5,10-12H,2-3,6-9H2,1H3/t11-/m0/s1. The minimum Gasteiger partial charge on any atom is -0.336 e. The topological polar surface area (TPSA) is 23.6 Å². The van der Waals surface area contributed by atoms with Crippen LogP contribution in [0.25, 0.3) is 0 Å². The summed E-state index contributed by atoms with van der Waals surface area (Å²) in [6, 6.07) is 4.57. The molecule has 1 saturated carbocycles. The fourth-order valence-corrected chi connectivity index (χ4v) is 3.29. The molecule has 3 rings (SSSR count). The van der Waals surface area contributed by atoms with Crippen molar-refractivity contribution in [3.63, 3.8) is 0 Å². The van der Waals surface area contributed by atoms with E-state index < -0.39 is 5.82 Å². The zero-order chi connectivity index (χ0) is 15.0. The van der Waals surface area contributed by atoms with E-state index in [0.29, 0.717) is 24.7 Å². The molecule has 1 atom stereocenters. The number of hydrogen-bond acceptors (Lipinski definition) is 2. The average Bonchev–Trinajstić information content (AvgIpc) is 3.31. The molecule has 1 saturated heterocycles. The second-order valence-corrected chi connectivity index (χ2v) is 6.44. The van der Waals surface area contributed by atoms with E-state index in [-0.39, 0.29) is 10.9 Å². The maximum atomic E-state index is 13.1. The molecule has 114 valence electrons. The third kappa shape index (κ3) is 3.22. The Bertz CT molecular complexity index is 539. The first-order valence-electron chi connectivity index (χ1n) is 7.54. The van der Waals surface area contributed by atoms with Crippen LogP contribution in [-0.2, 0) is 0 Å². The van der Waals surface area contributed by atoms with Gasteiger partial charge in [-0.1, -0.05) is 11.6 Å². The van der Waals surface area contributed by atoms with E-state index in [4.69, 9.17) is 11.6 Å². The highest BCUT2D eigenvalue weighted by Crippen LogP contribution is 2.35. The third-order valence-corrected chi connectivity index (χ3v) is 4.96. The van der Waals surface area contributed by atoms with E-state index >= 15 is 0 Å². The van der Waals surface area contributed by atoms with E-state index in [1.165, 1.54) is 31.0 Å². The van der Waals surface area contributed by atoms with E-state index in [0.717, 1.165) is 19.0 Å². The van der Waals surface area contributed by atoms with Gasteiger partial charge in [-0.15, -0.1) is 0 Å². The van der Waals surface area contributed by atoms with Gasteiger partial charge in [0.15, 0.2) is 0 Å². The minimum atomic E-state index is -0.417. The second kappa shape index (κ2) is 5.93. The number of halogens is 2. The van der Waals surface area contributed by atoms with Crippen LogP contribution in [-0.4, -0.2) is 47.9 Å². The Morgan fingerprint density at radius 2 is 1.95 bits per heavy atom. The fourth-order valence-electron chi connectivity index (χ4n) is 3.04. The van der Waals surface area contributed by atoms with Crippen LogP contribution in [0.2, 0.25) is 5.02 Å². The van der Waals surface area contributed by atoms with Crippen molar-refractivity contribution >= 4 is 17.5 Å². The van der Waals surface area contributed by atoms with Crippen molar-refractivity contribution in [2.45, 2.75) is 25.8 Å². The number of carbonyl (C=O) groups is 1. The zero-order valence-corrected chi connectivity index (χ0v) is 12.9. The van der Waals surface area contributed by atoms with Gasteiger partial charge in [0, 0.05) is 32.2 Å². The number of piperazine rings is 1. The lowest BCUT2D eigenvalue weighted by Gasteiger charge is -2.38. The molecule has 3 nitrogen and oxygen atoms in total. The van der Waals surface area contributed by atoms with E-state index in [2.05, 4.69) is 11.8 Å². The van der Waals surface area contributed by atoms with Crippen LogP contribution >= 0.6 is 11.6 Å². The Balaban J connectivity index is 1.62. The second-order valence-electron chi connectivity index (χ2n) is 6.03. The predicted molar refractivity (Wildman–Crippen MR) is 81.1 cm³/mol. The van der Waals surface area contributed by atoms with Gasteiger partial charge in [-0.05, 0) is 43.9 Å². The number of benzene rings is 1. The highest BCUT2D eigenvalue weighted by Gasteiger charge is 2.34. The summed E-state index contributed by atoms with van der Waals surface area (Å²) in [5.74, 6) is 0.331. The van der Waals surface area contributed by atoms with Gasteiger partial charge in [-0.2, -0.15) is 0 Å². The molecule has 1 aliphatic carbocycles. The number of hydrogen-bond donors (Lipinski definition) is 0. The molecule has 2 aliphatic rings. The van der Waals surface area contributed by atoms with Crippen LogP contribution in [0.1, 0.15) is 30.1 Å².